The topological polar surface area (TPSA) is 127 Å². The van der Waals surface area contributed by atoms with Gasteiger partial charge in [0.1, 0.15) is 12.2 Å². The second kappa shape index (κ2) is 22.6. The van der Waals surface area contributed by atoms with Crippen LogP contribution < -0.4 is 5.32 Å². The number of piperidine rings is 1. The molecular formula is C51H54Cl2F6N4O8. The summed E-state index contributed by atoms with van der Waals surface area (Å²) in [6, 6.07) is 20.1. The fourth-order valence-electron chi connectivity index (χ4n) is 9.63. The SMILES string of the molecule is CCOC(=O)c1ccc(NC(=O)OCCCCN(C)C(=O)CO[C@H]2Cc3ccccc3C23CCN(CC[C@@]2(c4ccc(Cl)c(Cl)c4)CN(C(=O)c4cc(C(F)(F)F)cc(C(F)(F)F)c4)CCO2)CC3)cc1. The van der Waals surface area contributed by atoms with Gasteiger partial charge in [0.05, 0.1) is 59.2 Å². The highest BCUT2D eigenvalue weighted by molar-refractivity contribution is 6.42. The van der Waals surface area contributed by atoms with Crippen molar-refractivity contribution in [2.75, 3.05) is 78.1 Å². The van der Waals surface area contributed by atoms with Gasteiger partial charge < -0.3 is 33.6 Å². The number of carbonyl (C=O) groups excluding carboxylic acids is 4. The van der Waals surface area contributed by atoms with Crippen LogP contribution in [0.2, 0.25) is 10.0 Å². The largest absolute Gasteiger partial charge is 0.462 e. The average Bonchev–Trinajstić information content (AvgIpc) is 3.64. The lowest BCUT2D eigenvalue weighted by molar-refractivity contribution is -0.143. The number of morpholine rings is 1. The maximum atomic E-state index is 13.9. The van der Waals surface area contributed by atoms with E-state index in [2.05, 4.69) is 22.3 Å². The third kappa shape index (κ3) is 12.8. The highest BCUT2D eigenvalue weighted by Crippen LogP contribution is 2.48. The first kappa shape index (κ1) is 53.4. The van der Waals surface area contributed by atoms with Crippen LogP contribution >= 0.6 is 23.2 Å². The van der Waals surface area contributed by atoms with E-state index in [1.54, 1.807) is 61.3 Å². The first-order valence-electron chi connectivity index (χ1n) is 23.3. The number of likely N-dealkylation sites (N-methyl/N-ethyl adjacent to an activating group) is 1. The zero-order valence-electron chi connectivity index (χ0n) is 39.1. The molecule has 20 heteroatoms. The standard InChI is InChI=1S/C51H54Cl2F6N4O8/c1-3-68-46(66)33-10-13-39(14-11-33)60-47(67)69-24-7-6-19-61(2)44(64)31-70-43-28-34-8-4-5-9-40(34)48(43)16-20-62(21-17-48)22-18-49(36-12-15-41(52)42(53)30-36)32-63(23-25-71-49)45(65)35-26-37(50(54,55)56)29-38(27-35)51(57,58)59/h4-5,8-15,26-27,29-30,43H,3,6-7,16-25,28,31-32H2,1-2H3,(H,60,67)/t43-,49-/m0/s1. The number of rotatable bonds is 16. The molecule has 0 unspecified atom stereocenters. The Morgan fingerprint density at radius 2 is 1.52 bits per heavy atom. The Balaban J connectivity index is 0.946. The molecule has 2 aliphatic heterocycles. The molecule has 3 amide bonds. The Bertz CT molecular complexity index is 2530. The molecule has 1 aliphatic carbocycles. The van der Waals surface area contributed by atoms with Crippen LogP contribution in [0, 0.1) is 0 Å². The number of amides is 3. The van der Waals surface area contributed by atoms with Gasteiger partial charge in [-0.25, -0.2) is 9.59 Å². The van der Waals surface area contributed by atoms with Gasteiger partial charge in [-0.2, -0.15) is 26.3 Å². The van der Waals surface area contributed by atoms with E-state index in [1.165, 1.54) is 10.5 Å². The first-order chi connectivity index (χ1) is 33.7. The second-order valence-corrected chi connectivity index (χ2v) is 18.8. The molecule has 382 valence electrons. The minimum atomic E-state index is -5.13. The van der Waals surface area contributed by atoms with Crippen molar-refractivity contribution in [3.8, 4) is 0 Å². The van der Waals surface area contributed by atoms with E-state index in [0.717, 1.165) is 5.56 Å². The van der Waals surface area contributed by atoms with Gasteiger partial charge in [-0.3, -0.25) is 14.9 Å². The molecule has 2 atom stereocenters. The highest BCUT2D eigenvalue weighted by Gasteiger charge is 2.50. The summed E-state index contributed by atoms with van der Waals surface area (Å²) in [6.45, 7) is 3.72. The van der Waals surface area contributed by atoms with Gasteiger partial charge in [-0.05, 0) is 130 Å². The van der Waals surface area contributed by atoms with E-state index < -0.39 is 52.6 Å². The van der Waals surface area contributed by atoms with Crippen LogP contribution in [0.5, 0.6) is 0 Å². The van der Waals surface area contributed by atoms with E-state index >= 15 is 0 Å². The molecule has 2 heterocycles. The van der Waals surface area contributed by atoms with Crippen molar-refractivity contribution >= 4 is 52.8 Å². The van der Waals surface area contributed by atoms with Crippen molar-refractivity contribution in [3.63, 3.8) is 0 Å². The second-order valence-electron chi connectivity index (χ2n) is 18.0. The summed E-state index contributed by atoms with van der Waals surface area (Å²) in [6.07, 6.45) is -7.84. The maximum Gasteiger partial charge on any atom is 0.416 e. The lowest BCUT2D eigenvalue weighted by Crippen LogP contribution is -2.54. The van der Waals surface area contributed by atoms with E-state index in [9.17, 15) is 45.5 Å². The molecule has 3 aliphatic rings. The first-order valence-corrected chi connectivity index (χ1v) is 24.0. The summed E-state index contributed by atoms with van der Waals surface area (Å²) in [5.74, 6) is -1.66. The molecule has 1 spiro atoms. The molecule has 4 aromatic rings. The van der Waals surface area contributed by atoms with Crippen molar-refractivity contribution in [2.45, 2.75) is 74.9 Å². The predicted molar refractivity (Wildman–Crippen MR) is 253 cm³/mol. The fraction of sp³-hybridized carbons (Fsp3) is 0.451. The number of fused-ring (bicyclic) bond motifs is 2. The molecule has 4 aromatic carbocycles. The molecule has 1 N–H and O–H groups in total. The zero-order valence-corrected chi connectivity index (χ0v) is 40.6. The smallest absolute Gasteiger partial charge is 0.416 e. The fourth-order valence-corrected chi connectivity index (χ4v) is 9.92. The number of alkyl halides is 6. The molecule has 2 fully saturated rings. The molecular weight excluding hydrogens is 981 g/mol. The lowest BCUT2D eigenvalue weighted by atomic mass is 9.72. The third-order valence-electron chi connectivity index (χ3n) is 13.5. The average molecular weight is 1040 g/mol. The van der Waals surface area contributed by atoms with Gasteiger partial charge in [-0.1, -0.05) is 53.5 Å². The van der Waals surface area contributed by atoms with Crippen molar-refractivity contribution < 1.29 is 64.5 Å². The van der Waals surface area contributed by atoms with Crippen LogP contribution in [0.3, 0.4) is 0 Å². The summed E-state index contributed by atoms with van der Waals surface area (Å²) in [5.41, 5.74) is -1.89. The Hall–Kier alpha value is -5.40. The van der Waals surface area contributed by atoms with E-state index in [1.807, 2.05) is 12.1 Å². The number of esters is 1. The van der Waals surface area contributed by atoms with Crippen LogP contribution in [0.25, 0.3) is 0 Å². The van der Waals surface area contributed by atoms with Gasteiger partial charge in [0, 0.05) is 43.3 Å². The number of ether oxygens (including phenoxy) is 4. The van der Waals surface area contributed by atoms with Gasteiger partial charge in [0.25, 0.3) is 5.91 Å². The minimum Gasteiger partial charge on any atom is -0.462 e. The number of nitrogens with zero attached hydrogens (tertiary/aromatic N) is 3. The molecule has 71 heavy (non-hydrogen) atoms. The number of hydrogen-bond acceptors (Lipinski definition) is 9. The number of likely N-dealkylation sites (tertiary alicyclic amines) is 1. The summed E-state index contributed by atoms with van der Waals surface area (Å²) in [5, 5.41) is 3.07. The minimum absolute atomic E-state index is 0.00988. The summed E-state index contributed by atoms with van der Waals surface area (Å²) >= 11 is 12.7. The Kier molecular flexibility index (Phi) is 17.0. The Morgan fingerprint density at radius 3 is 2.18 bits per heavy atom. The number of halogens is 8. The molecule has 0 aromatic heterocycles. The number of unbranched alkanes of at least 4 members (excludes halogenated alkanes) is 1. The van der Waals surface area contributed by atoms with Crippen LogP contribution in [0.1, 0.15) is 87.6 Å². The summed E-state index contributed by atoms with van der Waals surface area (Å²) < 4.78 is 106. The number of carbonyl (C=O) groups is 4. The molecule has 12 nitrogen and oxygen atoms in total. The number of anilines is 1. The normalized spacial score (nSPS) is 19.0. The van der Waals surface area contributed by atoms with Crippen LogP contribution in [-0.2, 0) is 53.5 Å². The number of nitrogens with one attached hydrogen (secondary N) is 1. The third-order valence-corrected chi connectivity index (χ3v) is 14.2. The maximum absolute atomic E-state index is 13.9. The Morgan fingerprint density at radius 1 is 0.831 bits per heavy atom. The molecule has 2 saturated heterocycles. The summed E-state index contributed by atoms with van der Waals surface area (Å²) in [4.78, 5) is 56.5. The van der Waals surface area contributed by atoms with E-state index in [0.29, 0.717) is 87.2 Å². The van der Waals surface area contributed by atoms with Gasteiger partial charge in [0.2, 0.25) is 5.91 Å². The zero-order chi connectivity index (χ0) is 51.1. The predicted octanol–water partition coefficient (Wildman–Crippen LogP) is 10.4. The van der Waals surface area contributed by atoms with Crippen molar-refractivity contribution in [2.24, 2.45) is 0 Å². The van der Waals surface area contributed by atoms with Gasteiger partial charge >= 0.3 is 24.4 Å². The van der Waals surface area contributed by atoms with Crippen molar-refractivity contribution in [3.05, 3.63) is 134 Å². The number of benzene rings is 4. The molecule has 7 rings (SSSR count). The molecule has 0 radical (unpaired) electrons. The highest BCUT2D eigenvalue weighted by atomic mass is 35.5. The molecule has 0 saturated carbocycles. The van der Waals surface area contributed by atoms with Crippen molar-refractivity contribution in [1.82, 2.24) is 14.7 Å². The van der Waals surface area contributed by atoms with Gasteiger partial charge in [-0.15, -0.1) is 0 Å². The molecule has 0 bridgehead atoms. The summed E-state index contributed by atoms with van der Waals surface area (Å²) in [7, 11) is 1.70. The Labute approximate surface area is 417 Å². The quantitative estimate of drug-likeness (QED) is 0.0663. The van der Waals surface area contributed by atoms with Crippen LogP contribution in [-0.4, -0.2) is 117 Å². The monoisotopic (exact) mass is 1030 g/mol. The van der Waals surface area contributed by atoms with Gasteiger partial charge in [0.15, 0.2) is 0 Å². The van der Waals surface area contributed by atoms with Crippen molar-refractivity contribution in [1.29, 1.82) is 0 Å². The van der Waals surface area contributed by atoms with E-state index in [4.69, 9.17) is 42.1 Å². The number of hydrogen-bond donors (Lipinski definition) is 1. The van der Waals surface area contributed by atoms with Crippen LogP contribution in [0.15, 0.2) is 84.9 Å². The lowest BCUT2D eigenvalue weighted by Gasteiger charge is -2.46. The van der Waals surface area contributed by atoms with E-state index in [-0.39, 0.29) is 79.5 Å². The van der Waals surface area contributed by atoms with Crippen LogP contribution in [0.4, 0.5) is 36.8 Å².